The molecule has 2 nitrogen and oxygen atoms in total. The minimum atomic E-state index is -4.01. The zero-order valence-corrected chi connectivity index (χ0v) is 11.1. The maximum atomic E-state index is 12.8. The summed E-state index contributed by atoms with van der Waals surface area (Å²) in [4.78, 5) is 2.27. The van der Waals surface area contributed by atoms with Gasteiger partial charge < -0.3 is 5.32 Å². The molecule has 0 aromatic rings. The second-order valence-electron chi connectivity index (χ2n) is 5.98. The highest BCUT2D eigenvalue weighted by Crippen LogP contribution is 2.39. The van der Waals surface area contributed by atoms with Crippen LogP contribution in [0.15, 0.2) is 0 Å². The Morgan fingerprint density at radius 2 is 1.67 bits per heavy atom. The smallest absolute Gasteiger partial charge is 0.309 e. The standard InChI is InChI=1S/C13H23F3N2/c1-9-7-18(8-10(2)17-9)12-5-3-4-11(6-12)13(14,15)16/h9-12,17H,3-8H2,1-2H3. The Morgan fingerprint density at radius 3 is 2.22 bits per heavy atom. The molecule has 1 saturated heterocycles. The summed E-state index contributed by atoms with van der Waals surface area (Å²) < 4.78 is 38.4. The van der Waals surface area contributed by atoms with Gasteiger partial charge in [0.1, 0.15) is 0 Å². The Labute approximate surface area is 107 Å². The number of nitrogens with one attached hydrogen (secondary N) is 1. The number of hydrogen-bond donors (Lipinski definition) is 1. The predicted octanol–water partition coefficient (Wildman–Crippen LogP) is 2.79. The van der Waals surface area contributed by atoms with Crippen LogP contribution in [0, 0.1) is 5.92 Å². The third-order valence-electron chi connectivity index (χ3n) is 4.21. The average Bonchev–Trinajstić information content (AvgIpc) is 2.27. The van der Waals surface area contributed by atoms with Crippen molar-refractivity contribution < 1.29 is 13.2 Å². The van der Waals surface area contributed by atoms with E-state index in [2.05, 4.69) is 24.1 Å². The lowest BCUT2D eigenvalue weighted by atomic mass is 9.84. The van der Waals surface area contributed by atoms with E-state index < -0.39 is 12.1 Å². The van der Waals surface area contributed by atoms with Crippen LogP contribution in [0.5, 0.6) is 0 Å². The van der Waals surface area contributed by atoms with Gasteiger partial charge in [-0.3, -0.25) is 4.90 Å². The van der Waals surface area contributed by atoms with Gasteiger partial charge in [0.15, 0.2) is 0 Å². The van der Waals surface area contributed by atoms with E-state index >= 15 is 0 Å². The molecule has 106 valence electrons. The van der Waals surface area contributed by atoms with Gasteiger partial charge >= 0.3 is 6.18 Å². The molecule has 2 aliphatic rings. The van der Waals surface area contributed by atoms with E-state index in [1.54, 1.807) is 0 Å². The summed E-state index contributed by atoms with van der Waals surface area (Å²) in [6, 6.07) is 0.873. The molecule has 0 radical (unpaired) electrons. The molecule has 1 saturated carbocycles. The van der Waals surface area contributed by atoms with E-state index in [9.17, 15) is 13.2 Å². The van der Waals surface area contributed by atoms with Crippen molar-refractivity contribution in [3.63, 3.8) is 0 Å². The Balaban J connectivity index is 1.96. The van der Waals surface area contributed by atoms with Gasteiger partial charge in [0.2, 0.25) is 0 Å². The molecule has 4 atom stereocenters. The molecule has 1 aliphatic carbocycles. The maximum Gasteiger partial charge on any atom is 0.391 e. The average molecular weight is 264 g/mol. The zero-order chi connectivity index (χ0) is 13.3. The molecule has 0 aromatic carbocycles. The lowest BCUT2D eigenvalue weighted by Gasteiger charge is -2.44. The van der Waals surface area contributed by atoms with Gasteiger partial charge in [-0.25, -0.2) is 0 Å². The first kappa shape index (κ1) is 14.1. The molecule has 1 heterocycles. The molecule has 1 aliphatic heterocycles. The van der Waals surface area contributed by atoms with Crippen LogP contribution in [0.3, 0.4) is 0 Å². The van der Waals surface area contributed by atoms with Crippen LogP contribution in [0.25, 0.3) is 0 Å². The van der Waals surface area contributed by atoms with Crippen molar-refractivity contribution in [3.8, 4) is 0 Å². The zero-order valence-electron chi connectivity index (χ0n) is 11.1. The summed E-state index contributed by atoms with van der Waals surface area (Å²) in [6.07, 6.45) is -1.77. The highest BCUT2D eigenvalue weighted by Gasteiger charge is 2.43. The largest absolute Gasteiger partial charge is 0.391 e. The molecule has 1 N–H and O–H groups in total. The topological polar surface area (TPSA) is 15.3 Å². The monoisotopic (exact) mass is 264 g/mol. The van der Waals surface area contributed by atoms with Crippen LogP contribution in [0.1, 0.15) is 39.5 Å². The first-order valence-corrected chi connectivity index (χ1v) is 6.93. The first-order chi connectivity index (χ1) is 8.36. The van der Waals surface area contributed by atoms with Crippen molar-refractivity contribution >= 4 is 0 Å². The Bertz CT molecular complexity index is 270. The van der Waals surface area contributed by atoms with E-state index in [-0.39, 0.29) is 6.04 Å². The lowest BCUT2D eigenvalue weighted by molar-refractivity contribution is -0.187. The van der Waals surface area contributed by atoms with Gasteiger partial charge in [0, 0.05) is 31.2 Å². The summed E-state index contributed by atoms with van der Waals surface area (Å²) in [7, 11) is 0. The second-order valence-corrected chi connectivity index (χ2v) is 5.98. The number of hydrogen-bond acceptors (Lipinski definition) is 2. The molecule has 18 heavy (non-hydrogen) atoms. The quantitative estimate of drug-likeness (QED) is 0.783. The van der Waals surface area contributed by atoms with Crippen LogP contribution in [0.2, 0.25) is 0 Å². The molecule has 0 spiro atoms. The van der Waals surface area contributed by atoms with Gasteiger partial charge in [-0.15, -0.1) is 0 Å². The van der Waals surface area contributed by atoms with E-state index in [4.69, 9.17) is 0 Å². The van der Waals surface area contributed by atoms with Gasteiger partial charge in [-0.05, 0) is 33.1 Å². The van der Waals surface area contributed by atoms with E-state index in [1.165, 1.54) is 0 Å². The molecule has 5 heteroatoms. The van der Waals surface area contributed by atoms with Gasteiger partial charge in [-0.2, -0.15) is 13.2 Å². The maximum absolute atomic E-state index is 12.8. The van der Waals surface area contributed by atoms with E-state index in [1.807, 2.05) is 0 Å². The molecule has 0 bridgehead atoms. The van der Waals surface area contributed by atoms with Crippen molar-refractivity contribution in [2.24, 2.45) is 5.92 Å². The SMILES string of the molecule is CC1CN(C2CCCC(C(F)(F)F)C2)CC(C)N1. The number of piperazine rings is 1. The molecular weight excluding hydrogens is 241 g/mol. The highest BCUT2D eigenvalue weighted by molar-refractivity contribution is 4.89. The fourth-order valence-electron chi connectivity index (χ4n) is 3.46. The predicted molar refractivity (Wildman–Crippen MR) is 65.4 cm³/mol. The van der Waals surface area contributed by atoms with Crippen molar-refractivity contribution in [2.75, 3.05) is 13.1 Å². The molecule has 0 amide bonds. The van der Waals surface area contributed by atoms with Crippen molar-refractivity contribution in [3.05, 3.63) is 0 Å². The highest BCUT2D eigenvalue weighted by atomic mass is 19.4. The van der Waals surface area contributed by atoms with Crippen LogP contribution < -0.4 is 5.32 Å². The van der Waals surface area contributed by atoms with Gasteiger partial charge in [0.05, 0.1) is 5.92 Å². The van der Waals surface area contributed by atoms with Crippen molar-refractivity contribution in [1.82, 2.24) is 10.2 Å². The molecule has 0 aromatic heterocycles. The third kappa shape index (κ3) is 3.38. The summed E-state index contributed by atoms with van der Waals surface area (Å²) in [5.41, 5.74) is 0. The van der Waals surface area contributed by atoms with Crippen LogP contribution in [0.4, 0.5) is 13.2 Å². The van der Waals surface area contributed by atoms with Crippen LogP contribution in [-0.4, -0.2) is 42.3 Å². The van der Waals surface area contributed by atoms with E-state index in [0.717, 1.165) is 19.5 Å². The fraction of sp³-hybridized carbons (Fsp3) is 1.00. The summed E-state index contributed by atoms with van der Waals surface area (Å²) in [6.45, 7) is 5.96. The number of rotatable bonds is 1. The molecular formula is C13H23F3N2. The normalized spacial score (nSPS) is 39.8. The number of alkyl halides is 3. The van der Waals surface area contributed by atoms with Crippen molar-refractivity contribution in [2.45, 2.75) is 63.8 Å². The number of nitrogens with zero attached hydrogens (tertiary/aromatic N) is 1. The fourth-order valence-corrected chi connectivity index (χ4v) is 3.46. The molecule has 4 unspecified atom stereocenters. The van der Waals surface area contributed by atoms with E-state index in [0.29, 0.717) is 31.3 Å². The Hall–Kier alpha value is -0.290. The lowest BCUT2D eigenvalue weighted by Crippen LogP contribution is -2.58. The summed E-state index contributed by atoms with van der Waals surface area (Å²) >= 11 is 0. The summed E-state index contributed by atoms with van der Waals surface area (Å²) in [5.74, 6) is -1.09. The minimum Gasteiger partial charge on any atom is -0.309 e. The Kier molecular flexibility index (Phi) is 4.22. The summed E-state index contributed by atoms with van der Waals surface area (Å²) in [5, 5.41) is 3.43. The molecule has 2 rings (SSSR count). The van der Waals surface area contributed by atoms with Gasteiger partial charge in [-0.1, -0.05) is 6.42 Å². The first-order valence-electron chi connectivity index (χ1n) is 6.93. The molecule has 2 fully saturated rings. The van der Waals surface area contributed by atoms with Crippen LogP contribution in [-0.2, 0) is 0 Å². The second kappa shape index (κ2) is 5.37. The number of halogens is 3. The Morgan fingerprint density at radius 1 is 1.06 bits per heavy atom. The minimum absolute atomic E-state index is 0.123. The van der Waals surface area contributed by atoms with Crippen molar-refractivity contribution in [1.29, 1.82) is 0 Å². The van der Waals surface area contributed by atoms with Gasteiger partial charge in [0.25, 0.3) is 0 Å². The third-order valence-corrected chi connectivity index (χ3v) is 4.21. The van der Waals surface area contributed by atoms with Crippen LogP contribution >= 0.6 is 0 Å².